The summed E-state index contributed by atoms with van der Waals surface area (Å²) in [7, 11) is 0. The number of nitrogens with one attached hydrogen (secondary N) is 3. The lowest BCUT2D eigenvalue weighted by atomic mass is 10.1. The maximum atomic E-state index is 13.6. The van der Waals surface area contributed by atoms with Crippen LogP contribution in [0.5, 0.6) is 0 Å². The molecule has 4 rings (SSSR count). The van der Waals surface area contributed by atoms with Crippen LogP contribution in [0, 0.1) is 0 Å². The van der Waals surface area contributed by atoms with Gasteiger partial charge in [-0.15, -0.1) is 11.8 Å². The second kappa shape index (κ2) is 12.3. The van der Waals surface area contributed by atoms with E-state index >= 15 is 0 Å². The van der Waals surface area contributed by atoms with Crippen molar-refractivity contribution in [1.29, 1.82) is 0 Å². The predicted molar refractivity (Wildman–Crippen MR) is 153 cm³/mol. The molecule has 0 aliphatic heterocycles. The number of para-hydroxylation sites is 1. The van der Waals surface area contributed by atoms with Gasteiger partial charge >= 0.3 is 6.18 Å². The Hall–Kier alpha value is -3.53. The number of thioether (sulfide) groups is 1. The second-order valence-electron chi connectivity index (χ2n) is 8.06. The summed E-state index contributed by atoms with van der Waals surface area (Å²) < 4.78 is 40.7. The number of halogens is 4. The van der Waals surface area contributed by atoms with Crippen molar-refractivity contribution < 1.29 is 18.0 Å². The highest BCUT2D eigenvalue weighted by molar-refractivity contribution is 8.00. The zero-order chi connectivity index (χ0) is 27.1. The Morgan fingerprint density at radius 3 is 1.97 bits per heavy atom. The van der Waals surface area contributed by atoms with E-state index in [2.05, 4.69) is 16.0 Å². The Morgan fingerprint density at radius 2 is 1.37 bits per heavy atom. The Kier molecular flexibility index (Phi) is 8.93. The number of rotatable bonds is 7. The van der Waals surface area contributed by atoms with Gasteiger partial charge < -0.3 is 16.0 Å². The van der Waals surface area contributed by atoms with E-state index in [0.29, 0.717) is 10.7 Å². The Morgan fingerprint density at radius 1 is 0.789 bits per heavy atom. The zero-order valence-corrected chi connectivity index (χ0v) is 22.0. The summed E-state index contributed by atoms with van der Waals surface area (Å²) in [5.74, 6) is -0.593. The van der Waals surface area contributed by atoms with Crippen LogP contribution in [0.3, 0.4) is 0 Å². The number of thiocarbonyl (C=S) groups is 1. The largest absolute Gasteiger partial charge is 0.418 e. The summed E-state index contributed by atoms with van der Waals surface area (Å²) in [4.78, 5) is 14.0. The molecule has 4 nitrogen and oxygen atoms in total. The molecule has 0 spiro atoms. The predicted octanol–water partition coefficient (Wildman–Crippen LogP) is 8.64. The van der Waals surface area contributed by atoms with Crippen molar-refractivity contribution in [2.75, 3.05) is 16.0 Å². The normalized spacial score (nSPS) is 11.9. The quantitative estimate of drug-likeness (QED) is 0.153. The number of carbonyl (C=O) groups is 1. The molecule has 0 radical (unpaired) electrons. The molecule has 3 N–H and O–H groups in total. The lowest BCUT2D eigenvalue weighted by Gasteiger charge is -2.20. The summed E-state index contributed by atoms with van der Waals surface area (Å²) in [5, 5.41) is 8.17. The molecule has 38 heavy (non-hydrogen) atoms. The lowest BCUT2D eigenvalue weighted by molar-refractivity contribution is -0.137. The van der Waals surface area contributed by atoms with Gasteiger partial charge in [-0.2, -0.15) is 13.2 Å². The Labute approximate surface area is 232 Å². The number of amides is 1. The van der Waals surface area contributed by atoms with Crippen molar-refractivity contribution in [2.45, 2.75) is 16.3 Å². The molecule has 0 aliphatic carbocycles. The lowest BCUT2D eigenvalue weighted by Crippen LogP contribution is -2.21. The average molecular weight is 572 g/mol. The van der Waals surface area contributed by atoms with E-state index in [0.717, 1.165) is 28.4 Å². The van der Waals surface area contributed by atoms with Crippen LogP contribution in [0.25, 0.3) is 0 Å². The van der Waals surface area contributed by atoms with Crippen molar-refractivity contribution in [3.8, 4) is 0 Å². The Balaban J connectivity index is 1.50. The van der Waals surface area contributed by atoms with Gasteiger partial charge in [-0.05, 0) is 72.4 Å². The number of carbonyl (C=O) groups excluding carboxylic acids is 1. The minimum atomic E-state index is -4.68. The third-order valence-corrected chi connectivity index (χ3v) is 6.99. The minimum absolute atomic E-state index is 0.0727. The molecule has 0 aromatic heterocycles. The van der Waals surface area contributed by atoms with E-state index in [-0.39, 0.29) is 10.7 Å². The van der Waals surface area contributed by atoms with Crippen LogP contribution in [-0.2, 0) is 11.0 Å². The van der Waals surface area contributed by atoms with E-state index in [1.807, 2.05) is 54.6 Å². The summed E-state index contributed by atoms with van der Waals surface area (Å²) in [6.45, 7) is 0. The molecule has 4 aromatic carbocycles. The van der Waals surface area contributed by atoms with E-state index in [9.17, 15) is 18.0 Å². The standard InChI is InChI=1S/C28H21ClF3N3OS2/c29-19-11-16-24(23(17-19)28(30,31)32)35-26(36)25(18-7-3-1-4-8-18)38-22-14-12-21(13-15-22)34-27(37)33-20-9-5-2-6-10-20/h1-17,25H,(H,35,36)(H2,33,34,37). The molecule has 0 saturated carbocycles. The first-order chi connectivity index (χ1) is 18.2. The van der Waals surface area contributed by atoms with Crippen LogP contribution in [0.15, 0.2) is 108 Å². The van der Waals surface area contributed by atoms with Gasteiger partial charge in [0.15, 0.2) is 5.11 Å². The van der Waals surface area contributed by atoms with Gasteiger partial charge in [0.05, 0.1) is 11.3 Å². The third-order valence-electron chi connectivity index (χ3n) is 5.28. The monoisotopic (exact) mass is 571 g/mol. The molecule has 0 fully saturated rings. The molecule has 1 atom stereocenters. The molecule has 0 aliphatic rings. The number of hydrogen-bond donors (Lipinski definition) is 3. The molecule has 4 aromatic rings. The SMILES string of the molecule is O=C(Nc1ccc(Cl)cc1C(F)(F)F)C(Sc1ccc(NC(=S)Nc2ccccc2)cc1)c1ccccc1. The van der Waals surface area contributed by atoms with Crippen LogP contribution in [-0.4, -0.2) is 11.0 Å². The van der Waals surface area contributed by atoms with Crippen molar-refractivity contribution in [3.05, 3.63) is 119 Å². The summed E-state index contributed by atoms with van der Waals surface area (Å²) >= 11 is 12.4. The number of hydrogen-bond acceptors (Lipinski definition) is 3. The van der Waals surface area contributed by atoms with Crippen molar-refractivity contribution in [3.63, 3.8) is 0 Å². The van der Waals surface area contributed by atoms with E-state index in [4.69, 9.17) is 23.8 Å². The summed E-state index contributed by atoms with van der Waals surface area (Å²) in [6.07, 6.45) is -4.68. The fraction of sp³-hybridized carbons (Fsp3) is 0.0714. The fourth-order valence-corrected chi connectivity index (χ4v) is 4.96. The molecule has 0 heterocycles. The first-order valence-electron chi connectivity index (χ1n) is 11.3. The van der Waals surface area contributed by atoms with Crippen LogP contribution < -0.4 is 16.0 Å². The van der Waals surface area contributed by atoms with Crippen LogP contribution >= 0.6 is 35.6 Å². The summed E-state index contributed by atoms with van der Waals surface area (Å²) in [6, 6.07) is 28.8. The molecule has 0 bridgehead atoms. The maximum absolute atomic E-state index is 13.6. The van der Waals surface area contributed by atoms with E-state index < -0.39 is 22.9 Å². The topological polar surface area (TPSA) is 53.2 Å². The average Bonchev–Trinajstić information content (AvgIpc) is 2.89. The maximum Gasteiger partial charge on any atom is 0.418 e. The van der Waals surface area contributed by atoms with Gasteiger partial charge in [0.25, 0.3) is 0 Å². The molecule has 10 heteroatoms. The minimum Gasteiger partial charge on any atom is -0.332 e. The van der Waals surface area contributed by atoms with Gasteiger partial charge in [0.2, 0.25) is 5.91 Å². The van der Waals surface area contributed by atoms with Crippen LogP contribution in [0.1, 0.15) is 16.4 Å². The van der Waals surface area contributed by atoms with Crippen LogP contribution in [0.4, 0.5) is 30.2 Å². The highest BCUT2D eigenvalue weighted by Crippen LogP contribution is 2.40. The first kappa shape index (κ1) is 27.5. The van der Waals surface area contributed by atoms with Gasteiger partial charge in [-0.25, -0.2) is 0 Å². The van der Waals surface area contributed by atoms with Gasteiger partial charge in [-0.1, -0.05) is 60.1 Å². The molecule has 194 valence electrons. The van der Waals surface area contributed by atoms with Gasteiger partial charge in [-0.3, -0.25) is 4.79 Å². The molecule has 1 amide bonds. The zero-order valence-electron chi connectivity index (χ0n) is 19.6. The first-order valence-corrected chi connectivity index (χ1v) is 13.0. The van der Waals surface area contributed by atoms with Gasteiger partial charge in [0, 0.05) is 21.3 Å². The number of alkyl halides is 3. The second-order valence-corrected chi connectivity index (χ2v) is 10.1. The van der Waals surface area contributed by atoms with Crippen molar-refractivity contribution in [1.82, 2.24) is 0 Å². The van der Waals surface area contributed by atoms with E-state index in [1.165, 1.54) is 17.8 Å². The highest BCUT2D eigenvalue weighted by Gasteiger charge is 2.35. The van der Waals surface area contributed by atoms with E-state index in [1.54, 1.807) is 30.3 Å². The molecular formula is C28H21ClF3N3OS2. The molecule has 1 unspecified atom stereocenters. The van der Waals surface area contributed by atoms with Crippen LogP contribution in [0.2, 0.25) is 5.02 Å². The molecular weight excluding hydrogens is 551 g/mol. The highest BCUT2D eigenvalue weighted by atomic mass is 35.5. The van der Waals surface area contributed by atoms with Crippen molar-refractivity contribution >= 4 is 63.7 Å². The van der Waals surface area contributed by atoms with Crippen molar-refractivity contribution in [2.24, 2.45) is 0 Å². The molecule has 0 saturated heterocycles. The Bertz CT molecular complexity index is 1400. The third kappa shape index (κ3) is 7.50. The number of anilines is 3. The smallest absolute Gasteiger partial charge is 0.332 e. The summed E-state index contributed by atoms with van der Waals surface area (Å²) in [5.41, 5.74) is 0.869. The van der Waals surface area contributed by atoms with Gasteiger partial charge in [0.1, 0.15) is 5.25 Å². The fourth-order valence-electron chi connectivity index (χ4n) is 3.53. The number of benzene rings is 4.